The molecule has 0 radical (unpaired) electrons. The van der Waals surface area contributed by atoms with Crippen LogP contribution in [-0.4, -0.2) is 39.6 Å². The number of hydrogen-bond acceptors (Lipinski definition) is 4. The monoisotopic (exact) mass is 383 g/mol. The van der Waals surface area contributed by atoms with Crippen LogP contribution < -0.4 is 10.6 Å². The lowest BCUT2D eigenvalue weighted by Crippen LogP contribution is -2.42. The minimum absolute atomic E-state index is 0.0213. The van der Waals surface area contributed by atoms with E-state index in [-0.39, 0.29) is 17.9 Å². The van der Waals surface area contributed by atoms with Gasteiger partial charge in [-0.3, -0.25) is 19.2 Å². The highest BCUT2D eigenvalue weighted by molar-refractivity contribution is 5.78. The number of fused-ring (bicyclic) bond motifs is 1. The Kier molecular flexibility index (Phi) is 6.14. The molecule has 7 heteroatoms. The number of benzene rings is 1. The number of carbonyl (C=O) groups is 2. The lowest BCUT2D eigenvalue weighted by atomic mass is 10.00. The van der Waals surface area contributed by atoms with Gasteiger partial charge in [0.1, 0.15) is 0 Å². The van der Waals surface area contributed by atoms with Crippen molar-refractivity contribution in [3.05, 3.63) is 52.3 Å². The second-order valence-electron chi connectivity index (χ2n) is 7.62. The highest BCUT2D eigenvalue weighted by atomic mass is 16.2. The molecule has 150 valence electrons. The van der Waals surface area contributed by atoms with Crippen LogP contribution in [0.15, 0.2) is 24.3 Å². The second-order valence-corrected chi connectivity index (χ2v) is 7.62. The Hall–Kier alpha value is -2.67. The van der Waals surface area contributed by atoms with Gasteiger partial charge in [-0.05, 0) is 38.0 Å². The number of nitrogens with zero attached hydrogens (tertiary/aromatic N) is 3. The number of hydrogen-bond donors (Lipinski definition) is 2. The Morgan fingerprint density at radius 1 is 1.21 bits per heavy atom. The van der Waals surface area contributed by atoms with Gasteiger partial charge in [0.25, 0.3) is 0 Å². The lowest BCUT2D eigenvalue weighted by Gasteiger charge is -2.27. The molecule has 28 heavy (non-hydrogen) atoms. The molecule has 1 unspecified atom stereocenters. The molecular formula is C21H29N5O2. The Morgan fingerprint density at radius 2 is 2.00 bits per heavy atom. The van der Waals surface area contributed by atoms with E-state index in [1.54, 1.807) is 0 Å². The molecule has 2 amide bonds. The van der Waals surface area contributed by atoms with E-state index in [4.69, 9.17) is 0 Å². The van der Waals surface area contributed by atoms with Crippen molar-refractivity contribution >= 4 is 11.8 Å². The quantitative estimate of drug-likeness (QED) is 0.798. The number of aryl methyl sites for hydroxylation is 2. The Balaban J connectivity index is 1.55. The van der Waals surface area contributed by atoms with Crippen LogP contribution in [0.5, 0.6) is 0 Å². The predicted molar refractivity (Wildman–Crippen MR) is 107 cm³/mol. The molecule has 0 spiro atoms. The summed E-state index contributed by atoms with van der Waals surface area (Å²) in [4.78, 5) is 25.8. The third-order valence-corrected chi connectivity index (χ3v) is 5.09. The molecular weight excluding hydrogens is 354 g/mol. The molecule has 1 aliphatic rings. The zero-order valence-electron chi connectivity index (χ0n) is 17.1. The molecule has 7 nitrogen and oxygen atoms in total. The van der Waals surface area contributed by atoms with Crippen LogP contribution in [0.3, 0.4) is 0 Å². The first-order chi connectivity index (χ1) is 13.3. The molecule has 1 aromatic heterocycles. The van der Waals surface area contributed by atoms with Gasteiger partial charge in [-0.25, -0.2) is 0 Å². The van der Waals surface area contributed by atoms with Gasteiger partial charge in [0.05, 0.1) is 37.1 Å². The fourth-order valence-corrected chi connectivity index (χ4v) is 3.61. The van der Waals surface area contributed by atoms with Gasteiger partial charge in [0.15, 0.2) is 0 Å². The molecule has 0 bridgehead atoms. The highest BCUT2D eigenvalue weighted by Crippen LogP contribution is 2.19. The van der Waals surface area contributed by atoms with Crippen molar-refractivity contribution in [2.45, 2.75) is 53.4 Å². The summed E-state index contributed by atoms with van der Waals surface area (Å²) in [5, 5.41) is 10.4. The van der Waals surface area contributed by atoms with Crippen LogP contribution in [0, 0.1) is 13.8 Å². The van der Waals surface area contributed by atoms with Gasteiger partial charge in [0.2, 0.25) is 11.8 Å². The molecule has 2 heterocycles. The number of rotatable bonds is 6. The topological polar surface area (TPSA) is 79.3 Å². The van der Waals surface area contributed by atoms with Crippen molar-refractivity contribution in [2.24, 2.45) is 0 Å². The van der Waals surface area contributed by atoms with E-state index in [1.165, 1.54) is 18.1 Å². The van der Waals surface area contributed by atoms with Gasteiger partial charge >= 0.3 is 0 Å². The molecule has 1 atom stereocenters. The number of nitrogens with one attached hydrogen (secondary N) is 2. The molecule has 0 saturated carbocycles. The molecule has 0 fully saturated rings. The Bertz CT molecular complexity index is 874. The highest BCUT2D eigenvalue weighted by Gasteiger charge is 2.21. The van der Waals surface area contributed by atoms with Crippen LogP contribution in [0.4, 0.5) is 0 Å². The van der Waals surface area contributed by atoms with Crippen LogP contribution in [0.25, 0.3) is 0 Å². The average Bonchev–Trinajstić information content (AvgIpc) is 3.04. The van der Waals surface area contributed by atoms with Crippen LogP contribution in [-0.2, 0) is 29.2 Å². The van der Waals surface area contributed by atoms with E-state index in [9.17, 15) is 9.59 Å². The van der Waals surface area contributed by atoms with Gasteiger partial charge < -0.3 is 10.6 Å². The maximum Gasteiger partial charge on any atom is 0.234 e. The summed E-state index contributed by atoms with van der Waals surface area (Å²) in [5.74, 6) is -0.0397. The van der Waals surface area contributed by atoms with Gasteiger partial charge in [0, 0.05) is 20.0 Å². The molecule has 0 saturated heterocycles. The van der Waals surface area contributed by atoms with Crippen LogP contribution in [0.2, 0.25) is 0 Å². The van der Waals surface area contributed by atoms with Gasteiger partial charge in [-0.2, -0.15) is 5.10 Å². The summed E-state index contributed by atoms with van der Waals surface area (Å²) < 4.78 is 1.96. The van der Waals surface area contributed by atoms with Gasteiger partial charge in [-0.15, -0.1) is 0 Å². The predicted octanol–water partition coefficient (Wildman–Crippen LogP) is 1.83. The fourth-order valence-electron chi connectivity index (χ4n) is 3.61. The smallest absolute Gasteiger partial charge is 0.234 e. The SMILES string of the molecule is CC(=O)NCc1cc2n(n1)CCN(CC(=O)NC(C)c1cc(C)ccc1C)C2. The maximum atomic E-state index is 12.6. The zero-order chi connectivity index (χ0) is 20.3. The van der Waals surface area contributed by atoms with Crippen molar-refractivity contribution in [3.8, 4) is 0 Å². The van der Waals surface area contributed by atoms with Crippen molar-refractivity contribution in [2.75, 3.05) is 13.1 Å². The summed E-state index contributed by atoms with van der Waals surface area (Å²) in [5.41, 5.74) is 5.46. The molecule has 2 N–H and O–H groups in total. The van der Waals surface area contributed by atoms with Crippen LogP contribution >= 0.6 is 0 Å². The van der Waals surface area contributed by atoms with E-state index in [0.717, 1.165) is 30.0 Å². The summed E-state index contributed by atoms with van der Waals surface area (Å²) >= 11 is 0. The first-order valence-corrected chi connectivity index (χ1v) is 9.70. The normalized spacial score (nSPS) is 15.0. The zero-order valence-corrected chi connectivity index (χ0v) is 17.1. The average molecular weight is 383 g/mol. The summed E-state index contributed by atoms with van der Waals surface area (Å²) in [6.45, 7) is 10.7. The molecule has 2 aromatic rings. The van der Waals surface area contributed by atoms with E-state index >= 15 is 0 Å². The molecule has 1 aliphatic heterocycles. The van der Waals surface area contributed by atoms with Crippen molar-refractivity contribution < 1.29 is 9.59 Å². The summed E-state index contributed by atoms with van der Waals surface area (Å²) in [6.07, 6.45) is 0. The van der Waals surface area contributed by atoms with E-state index < -0.39 is 0 Å². The summed E-state index contributed by atoms with van der Waals surface area (Å²) in [6, 6.07) is 8.30. The van der Waals surface area contributed by atoms with Crippen molar-refractivity contribution in [3.63, 3.8) is 0 Å². The lowest BCUT2D eigenvalue weighted by molar-refractivity contribution is -0.123. The number of carbonyl (C=O) groups excluding carboxylic acids is 2. The molecule has 0 aliphatic carbocycles. The largest absolute Gasteiger partial charge is 0.351 e. The third kappa shape index (κ3) is 4.98. The molecule has 1 aromatic carbocycles. The minimum Gasteiger partial charge on any atom is -0.351 e. The first-order valence-electron chi connectivity index (χ1n) is 9.70. The number of aromatic nitrogens is 2. The van der Waals surface area contributed by atoms with Crippen molar-refractivity contribution in [1.82, 2.24) is 25.3 Å². The third-order valence-electron chi connectivity index (χ3n) is 5.09. The maximum absolute atomic E-state index is 12.6. The second kappa shape index (κ2) is 8.56. The fraction of sp³-hybridized carbons (Fsp3) is 0.476. The van der Waals surface area contributed by atoms with E-state index in [1.807, 2.05) is 17.7 Å². The number of amides is 2. The standard InChI is InChI=1S/C21H29N5O2/c1-14-5-6-15(2)20(9-14)16(3)23-21(28)13-25-7-8-26-19(12-25)10-18(24-26)11-22-17(4)27/h5-6,9-10,16H,7-8,11-13H2,1-4H3,(H,22,27)(H,23,28). The van der Waals surface area contributed by atoms with Crippen molar-refractivity contribution in [1.29, 1.82) is 0 Å². The summed E-state index contributed by atoms with van der Waals surface area (Å²) in [7, 11) is 0. The Labute approximate surface area is 166 Å². The van der Waals surface area contributed by atoms with E-state index in [2.05, 4.69) is 52.7 Å². The first kappa shape index (κ1) is 20.1. The Morgan fingerprint density at radius 3 is 2.75 bits per heavy atom. The van der Waals surface area contributed by atoms with Crippen LogP contribution in [0.1, 0.15) is 48.0 Å². The minimum atomic E-state index is -0.0674. The molecule has 3 rings (SSSR count). The van der Waals surface area contributed by atoms with E-state index in [0.29, 0.717) is 19.6 Å². The van der Waals surface area contributed by atoms with Gasteiger partial charge in [-0.1, -0.05) is 23.8 Å².